The lowest BCUT2D eigenvalue weighted by Crippen LogP contribution is -2.43. The highest BCUT2D eigenvalue weighted by Gasteiger charge is 2.27. The van der Waals surface area contributed by atoms with Crippen LogP contribution in [0.1, 0.15) is 56.7 Å². The van der Waals surface area contributed by atoms with Crippen molar-refractivity contribution >= 4 is 18.3 Å². The van der Waals surface area contributed by atoms with Crippen molar-refractivity contribution in [3.63, 3.8) is 0 Å². The first-order chi connectivity index (χ1) is 9.30. The molecule has 2 heterocycles. The van der Waals surface area contributed by atoms with Crippen molar-refractivity contribution in [2.75, 3.05) is 19.6 Å². The molecule has 1 fully saturated rings. The number of nitrogens with one attached hydrogen (secondary N) is 3. The van der Waals surface area contributed by atoms with Gasteiger partial charge in [0.15, 0.2) is 0 Å². The van der Waals surface area contributed by atoms with Crippen LogP contribution in [0.15, 0.2) is 6.07 Å². The summed E-state index contributed by atoms with van der Waals surface area (Å²) < 4.78 is 0. The molecule has 0 bridgehead atoms. The van der Waals surface area contributed by atoms with Crippen LogP contribution < -0.4 is 10.6 Å². The van der Waals surface area contributed by atoms with E-state index in [1.807, 2.05) is 6.07 Å². The summed E-state index contributed by atoms with van der Waals surface area (Å²) in [5.41, 5.74) is 1.64. The molecule has 0 aromatic carbocycles. The molecule has 0 radical (unpaired) electrons. The molecule has 0 aliphatic carbocycles. The quantitative estimate of drug-likeness (QED) is 0.801. The molecule has 1 aliphatic rings. The molecule has 0 saturated carbocycles. The van der Waals surface area contributed by atoms with Gasteiger partial charge < -0.3 is 10.6 Å². The molecule has 5 nitrogen and oxygen atoms in total. The lowest BCUT2D eigenvalue weighted by molar-refractivity contribution is 0.0917. The topological polar surface area (TPSA) is 69.8 Å². The standard InChI is InChI=1S/C15H26N4O.ClH/c1-14(2,3)12-9-11(18-19-12)13(20)17-10-15(4)5-7-16-8-6-15;/h9,16H,5-8,10H2,1-4H3,(H,17,20)(H,18,19);1H. The molecule has 120 valence electrons. The van der Waals surface area contributed by atoms with E-state index in [0.717, 1.165) is 31.6 Å². The fraction of sp³-hybridized carbons (Fsp3) is 0.733. The van der Waals surface area contributed by atoms with Gasteiger partial charge in [-0.1, -0.05) is 27.7 Å². The maximum Gasteiger partial charge on any atom is 0.271 e. The first kappa shape index (κ1) is 18.0. The van der Waals surface area contributed by atoms with Gasteiger partial charge in [-0.15, -0.1) is 12.4 Å². The van der Waals surface area contributed by atoms with Crippen molar-refractivity contribution in [1.82, 2.24) is 20.8 Å². The molecular formula is C15H27ClN4O. The number of carbonyl (C=O) groups is 1. The number of piperidine rings is 1. The molecule has 1 aliphatic heterocycles. The third-order valence-corrected chi connectivity index (χ3v) is 4.10. The van der Waals surface area contributed by atoms with Crippen LogP contribution in [0.3, 0.4) is 0 Å². The molecule has 21 heavy (non-hydrogen) atoms. The SMILES string of the molecule is CC1(CNC(=O)c2cc(C(C)(C)C)[nH]n2)CCNCC1.Cl. The van der Waals surface area contributed by atoms with Crippen LogP contribution in [-0.4, -0.2) is 35.7 Å². The zero-order chi connectivity index (χ0) is 14.8. The molecule has 0 spiro atoms. The van der Waals surface area contributed by atoms with Crippen LogP contribution >= 0.6 is 12.4 Å². The van der Waals surface area contributed by atoms with E-state index in [-0.39, 0.29) is 29.1 Å². The molecule has 2 rings (SSSR count). The Bertz CT molecular complexity index is 472. The van der Waals surface area contributed by atoms with E-state index < -0.39 is 0 Å². The second-order valence-corrected chi connectivity index (χ2v) is 7.16. The molecule has 1 amide bonds. The summed E-state index contributed by atoms with van der Waals surface area (Å²) >= 11 is 0. The smallest absolute Gasteiger partial charge is 0.271 e. The van der Waals surface area contributed by atoms with Gasteiger partial charge in [-0.05, 0) is 37.4 Å². The summed E-state index contributed by atoms with van der Waals surface area (Å²) in [6.07, 6.45) is 2.20. The molecule has 1 saturated heterocycles. The fourth-order valence-electron chi connectivity index (χ4n) is 2.41. The Balaban J connectivity index is 0.00000220. The van der Waals surface area contributed by atoms with Crippen LogP contribution in [0.5, 0.6) is 0 Å². The normalized spacial score (nSPS) is 17.9. The van der Waals surface area contributed by atoms with Gasteiger partial charge in [0, 0.05) is 17.7 Å². The van der Waals surface area contributed by atoms with Crippen molar-refractivity contribution in [2.24, 2.45) is 5.41 Å². The van der Waals surface area contributed by atoms with E-state index in [1.165, 1.54) is 0 Å². The van der Waals surface area contributed by atoms with E-state index in [2.05, 4.69) is 48.5 Å². The van der Waals surface area contributed by atoms with Crippen molar-refractivity contribution < 1.29 is 4.79 Å². The van der Waals surface area contributed by atoms with Gasteiger partial charge in [0.25, 0.3) is 5.91 Å². The Morgan fingerprint density at radius 3 is 2.52 bits per heavy atom. The van der Waals surface area contributed by atoms with Crippen molar-refractivity contribution in [3.05, 3.63) is 17.5 Å². The highest BCUT2D eigenvalue weighted by Crippen LogP contribution is 2.27. The largest absolute Gasteiger partial charge is 0.350 e. The molecule has 1 aromatic rings. The summed E-state index contributed by atoms with van der Waals surface area (Å²) in [5, 5.41) is 13.4. The summed E-state index contributed by atoms with van der Waals surface area (Å²) in [4.78, 5) is 12.2. The Labute approximate surface area is 133 Å². The zero-order valence-corrected chi connectivity index (χ0v) is 14.2. The number of H-pyrrole nitrogens is 1. The molecular weight excluding hydrogens is 288 g/mol. The Hall–Kier alpha value is -1.07. The molecule has 0 unspecified atom stereocenters. The number of carbonyl (C=O) groups excluding carboxylic acids is 1. The Morgan fingerprint density at radius 1 is 1.38 bits per heavy atom. The lowest BCUT2D eigenvalue weighted by Gasteiger charge is -2.34. The number of halogens is 1. The summed E-state index contributed by atoms with van der Waals surface area (Å²) in [5.74, 6) is -0.0866. The third-order valence-electron chi connectivity index (χ3n) is 4.10. The summed E-state index contributed by atoms with van der Waals surface area (Å²) in [7, 11) is 0. The van der Waals surface area contributed by atoms with Crippen molar-refractivity contribution in [2.45, 2.75) is 46.0 Å². The zero-order valence-electron chi connectivity index (χ0n) is 13.4. The average molecular weight is 315 g/mol. The van der Waals surface area contributed by atoms with Gasteiger partial charge in [-0.2, -0.15) is 5.10 Å². The number of rotatable bonds is 3. The van der Waals surface area contributed by atoms with Gasteiger partial charge >= 0.3 is 0 Å². The summed E-state index contributed by atoms with van der Waals surface area (Å²) in [6, 6.07) is 1.85. The minimum atomic E-state index is -0.0866. The molecule has 6 heteroatoms. The van der Waals surface area contributed by atoms with Crippen LogP contribution in [0.25, 0.3) is 0 Å². The highest BCUT2D eigenvalue weighted by atomic mass is 35.5. The lowest BCUT2D eigenvalue weighted by atomic mass is 9.81. The minimum Gasteiger partial charge on any atom is -0.350 e. The fourth-order valence-corrected chi connectivity index (χ4v) is 2.41. The highest BCUT2D eigenvalue weighted by molar-refractivity contribution is 5.92. The van der Waals surface area contributed by atoms with Crippen LogP contribution in [0, 0.1) is 5.41 Å². The minimum absolute atomic E-state index is 0. The number of aromatic nitrogens is 2. The third kappa shape index (κ3) is 4.71. The van der Waals surface area contributed by atoms with Crippen LogP contribution in [-0.2, 0) is 5.41 Å². The average Bonchev–Trinajstić information content (AvgIpc) is 2.86. The van der Waals surface area contributed by atoms with Gasteiger partial charge in [-0.3, -0.25) is 9.89 Å². The van der Waals surface area contributed by atoms with Gasteiger partial charge in [0.1, 0.15) is 5.69 Å². The number of hydrogen-bond acceptors (Lipinski definition) is 3. The van der Waals surface area contributed by atoms with Crippen molar-refractivity contribution in [1.29, 1.82) is 0 Å². The summed E-state index contributed by atoms with van der Waals surface area (Å²) in [6.45, 7) is 11.3. The monoisotopic (exact) mass is 314 g/mol. The molecule has 3 N–H and O–H groups in total. The van der Waals surface area contributed by atoms with Gasteiger partial charge in [0.2, 0.25) is 0 Å². The first-order valence-electron chi connectivity index (χ1n) is 7.35. The van der Waals surface area contributed by atoms with E-state index in [9.17, 15) is 4.79 Å². The Kier molecular flexibility index (Phi) is 5.82. The van der Waals surface area contributed by atoms with Gasteiger partial charge in [0.05, 0.1) is 0 Å². The maximum atomic E-state index is 12.2. The molecule has 1 aromatic heterocycles. The van der Waals surface area contributed by atoms with Crippen molar-refractivity contribution in [3.8, 4) is 0 Å². The van der Waals surface area contributed by atoms with Crippen LogP contribution in [0.2, 0.25) is 0 Å². The Morgan fingerprint density at radius 2 is 2.00 bits per heavy atom. The maximum absolute atomic E-state index is 12.2. The first-order valence-corrected chi connectivity index (χ1v) is 7.35. The number of hydrogen-bond donors (Lipinski definition) is 3. The predicted octanol–water partition coefficient (Wildman–Crippen LogP) is 2.25. The number of amides is 1. The second-order valence-electron chi connectivity index (χ2n) is 7.16. The van der Waals surface area contributed by atoms with Crippen LogP contribution in [0.4, 0.5) is 0 Å². The van der Waals surface area contributed by atoms with E-state index in [4.69, 9.17) is 0 Å². The van der Waals surface area contributed by atoms with E-state index in [0.29, 0.717) is 12.2 Å². The van der Waals surface area contributed by atoms with E-state index >= 15 is 0 Å². The van der Waals surface area contributed by atoms with Gasteiger partial charge in [-0.25, -0.2) is 0 Å². The molecule has 0 atom stereocenters. The predicted molar refractivity (Wildman–Crippen MR) is 87.1 cm³/mol. The second kappa shape index (κ2) is 6.79. The van der Waals surface area contributed by atoms with E-state index in [1.54, 1.807) is 0 Å². The number of aromatic amines is 1. The number of nitrogens with zero attached hydrogens (tertiary/aromatic N) is 1.